The van der Waals surface area contributed by atoms with Gasteiger partial charge >= 0.3 is 11.9 Å². The Morgan fingerprint density at radius 3 is 1.15 bits per heavy atom. The van der Waals surface area contributed by atoms with Crippen LogP contribution in [0.4, 0.5) is 0 Å². The lowest BCUT2D eigenvalue weighted by molar-refractivity contribution is 0.0450. The van der Waals surface area contributed by atoms with Crippen molar-refractivity contribution >= 4 is 39.7 Å². The molecule has 0 radical (unpaired) electrons. The van der Waals surface area contributed by atoms with Crippen LogP contribution >= 0.6 is 17.0 Å². The van der Waals surface area contributed by atoms with E-state index >= 15 is 0 Å². The Labute approximate surface area is 246 Å². The topological polar surface area (TPSA) is 52.6 Å². The van der Waals surface area contributed by atoms with E-state index in [2.05, 4.69) is 62.4 Å². The zero-order chi connectivity index (χ0) is 27.3. The Bertz CT molecular complexity index is 951. The SMILES string of the molecule is Br.CCCCCCCCOC(=O)c1ccccc1C(=O)OCCCCCCCC.c1ccc2ccccc2c1. The van der Waals surface area contributed by atoms with Gasteiger partial charge in [-0.2, -0.15) is 0 Å². The molecule has 0 fully saturated rings. The third-order valence-electron chi connectivity index (χ3n) is 6.49. The largest absolute Gasteiger partial charge is 0.462 e. The number of unbranched alkanes of at least 4 members (excludes halogenated alkanes) is 10. The summed E-state index contributed by atoms with van der Waals surface area (Å²) >= 11 is 0. The van der Waals surface area contributed by atoms with E-state index in [-0.39, 0.29) is 17.0 Å². The monoisotopic (exact) mass is 598 g/mol. The van der Waals surface area contributed by atoms with Crippen molar-refractivity contribution in [3.8, 4) is 0 Å². The first kappa shape index (κ1) is 34.4. The van der Waals surface area contributed by atoms with E-state index < -0.39 is 11.9 Å². The smallest absolute Gasteiger partial charge is 0.339 e. The molecule has 214 valence electrons. The summed E-state index contributed by atoms with van der Waals surface area (Å²) in [5, 5.41) is 2.62. The van der Waals surface area contributed by atoms with Crippen molar-refractivity contribution < 1.29 is 19.1 Å². The Kier molecular flexibility index (Phi) is 19.6. The van der Waals surface area contributed by atoms with Gasteiger partial charge in [0, 0.05) is 0 Å². The van der Waals surface area contributed by atoms with Gasteiger partial charge in [-0.3, -0.25) is 0 Å². The maximum atomic E-state index is 12.4. The third kappa shape index (κ3) is 14.3. The second kappa shape index (κ2) is 22.2. The van der Waals surface area contributed by atoms with Crippen molar-refractivity contribution in [3.63, 3.8) is 0 Å². The standard InChI is InChI=1S/C24H38O4.C10H8.BrH/c1-3-5-7-9-11-15-19-27-23(25)21-17-13-14-18-22(21)24(26)28-20-16-12-10-8-6-4-2;1-2-6-10-8-4-3-7-9(10)5-1;/h13-14,17-18H,3-12,15-16,19-20H2,1-2H3;1-8H;1H. The molecule has 3 aromatic rings. The summed E-state index contributed by atoms with van der Waals surface area (Å²) in [6, 6.07) is 23.5. The number of carbonyl (C=O) groups excluding carboxylic acids is 2. The molecular formula is C34H47BrO4. The number of halogens is 1. The van der Waals surface area contributed by atoms with E-state index in [1.54, 1.807) is 24.3 Å². The summed E-state index contributed by atoms with van der Waals surface area (Å²) in [7, 11) is 0. The number of hydrogen-bond donors (Lipinski definition) is 0. The average Bonchev–Trinajstić information content (AvgIpc) is 2.96. The molecular weight excluding hydrogens is 552 g/mol. The third-order valence-corrected chi connectivity index (χ3v) is 6.49. The van der Waals surface area contributed by atoms with Gasteiger partial charge < -0.3 is 9.47 Å². The predicted molar refractivity (Wildman–Crippen MR) is 168 cm³/mol. The van der Waals surface area contributed by atoms with E-state index in [1.165, 1.54) is 62.1 Å². The van der Waals surface area contributed by atoms with Crippen molar-refractivity contribution in [2.45, 2.75) is 90.9 Å². The van der Waals surface area contributed by atoms with E-state index in [9.17, 15) is 9.59 Å². The molecule has 0 spiro atoms. The number of hydrogen-bond acceptors (Lipinski definition) is 4. The Balaban J connectivity index is 0.000000570. The molecule has 0 N–H and O–H groups in total. The van der Waals surface area contributed by atoms with Gasteiger partial charge in [-0.05, 0) is 35.7 Å². The first-order valence-corrected chi connectivity index (χ1v) is 14.5. The molecule has 0 aliphatic rings. The quantitative estimate of drug-likeness (QED) is 0.121. The fourth-order valence-electron chi connectivity index (χ4n) is 4.22. The summed E-state index contributed by atoms with van der Waals surface area (Å²) in [4.78, 5) is 24.7. The molecule has 0 atom stereocenters. The lowest BCUT2D eigenvalue weighted by Gasteiger charge is -2.10. The van der Waals surface area contributed by atoms with Crippen LogP contribution in [-0.4, -0.2) is 25.2 Å². The molecule has 0 aliphatic heterocycles. The van der Waals surface area contributed by atoms with Gasteiger partial charge in [-0.25, -0.2) is 9.59 Å². The van der Waals surface area contributed by atoms with Gasteiger partial charge in [0.2, 0.25) is 0 Å². The molecule has 0 amide bonds. The average molecular weight is 600 g/mol. The second-order valence-corrected chi connectivity index (χ2v) is 9.70. The van der Waals surface area contributed by atoms with E-state index in [1.807, 2.05) is 0 Å². The fourth-order valence-corrected chi connectivity index (χ4v) is 4.22. The second-order valence-electron chi connectivity index (χ2n) is 9.70. The molecule has 0 saturated heterocycles. The first-order chi connectivity index (χ1) is 18.7. The predicted octanol–water partition coefficient (Wildman–Crippen LogP) is 10.1. The lowest BCUT2D eigenvalue weighted by atomic mass is 10.1. The van der Waals surface area contributed by atoms with Crippen LogP contribution in [-0.2, 0) is 9.47 Å². The van der Waals surface area contributed by atoms with Crippen LogP contribution < -0.4 is 0 Å². The minimum atomic E-state index is -0.444. The number of benzene rings is 3. The van der Waals surface area contributed by atoms with Crippen molar-refractivity contribution in [1.29, 1.82) is 0 Å². The van der Waals surface area contributed by atoms with Crippen molar-refractivity contribution in [1.82, 2.24) is 0 Å². The number of carbonyl (C=O) groups is 2. The molecule has 39 heavy (non-hydrogen) atoms. The molecule has 0 bridgehead atoms. The maximum absolute atomic E-state index is 12.4. The minimum Gasteiger partial charge on any atom is -0.462 e. The summed E-state index contributed by atoms with van der Waals surface area (Å²) < 4.78 is 10.7. The number of fused-ring (bicyclic) bond motifs is 1. The highest BCUT2D eigenvalue weighted by atomic mass is 79.9. The molecule has 3 aromatic carbocycles. The highest BCUT2D eigenvalue weighted by Crippen LogP contribution is 2.14. The van der Waals surface area contributed by atoms with Gasteiger partial charge in [0.05, 0.1) is 24.3 Å². The minimum absolute atomic E-state index is 0. The number of ether oxygens (including phenoxy) is 2. The van der Waals surface area contributed by atoms with Gasteiger partial charge in [-0.15, -0.1) is 17.0 Å². The normalized spacial score (nSPS) is 10.2. The van der Waals surface area contributed by atoms with Gasteiger partial charge in [0.25, 0.3) is 0 Å². The zero-order valence-corrected chi connectivity index (χ0v) is 25.6. The summed E-state index contributed by atoms with van der Waals surface area (Å²) in [6.45, 7) is 5.17. The number of rotatable bonds is 16. The van der Waals surface area contributed by atoms with Crippen LogP contribution in [0.2, 0.25) is 0 Å². The number of esters is 2. The van der Waals surface area contributed by atoms with Crippen molar-refractivity contribution in [3.05, 3.63) is 83.9 Å². The van der Waals surface area contributed by atoms with Crippen molar-refractivity contribution in [2.24, 2.45) is 0 Å². The fraction of sp³-hybridized carbons (Fsp3) is 0.471. The lowest BCUT2D eigenvalue weighted by Crippen LogP contribution is -2.15. The molecule has 0 aromatic heterocycles. The summed E-state index contributed by atoms with van der Waals surface area (Å²) in [5.41, 5.74) is 0.586. The Morgan fingerprint density at radius 1 is 0.487 bits per heavy atom. The Morgan fingerprint density at radius 2 is 0.795 bits per heavy atom. The van der Waals surface area contributed by atoms with Crippen LogP contribution in [0, 0.1) is 0 Å². The maximum Gasteiger partial charge on any atom is 0.339 e. The summed E-state index contributed by atoms with van der Waals surface area (Å²) in [5.74, 6) is -0.888. The highest BCUT2D eigenvalue weighted by Gasteiger charge is 2.18. The molecule has 0 unspecified atom stereocenters. The van der Waals surface area contributed by atoms with Gasteiger partial charge in [-0.1, -0.05) is 139 Å². The molecule has 0 aliphatic carbocycles. The van der Waals surface area contributed by atoms with Crippen LogP contribution in [0.15, 0.2) is 72.8 Å². The van der Waals surface area contributed by atoms with E-state index in [0.29, 0.717) is 24.3 Å². The molecule has 0 heterocycles. The van der Waals surface area contributed by atoms with Crippen LogP contribution in [0.3, 0.4) is 0 Å². The zero-order valence-electron chi connectivity index (χ0n) is 23.9. The van der Waals surface area contributed by atoms with Crippen molar-refractivity contribution in [2.75, 3.05) is 13.2 Å². The first-order valence-electron chi connectivity index (χ1n) is 14.5. The Hall–Kier alpha value is -2.66. The van der Waals surface area contributed by atoms with E-state index in [4.69, 9.17) is 9.47 Å². The highest BCUT2D eigenvalue weighted by molar-refractivity contribution is 8.93. The van der Waals surface area contributed by atoms with Crippen LogP contribution in [0.5, 0.6) is 0 Å². The van der Waals surface area contributed by atoms with E-state index in [0.717, 1.165) is 25.7 Å². The van der Waals surface area contributed by atoms with Gasteiger partial charge in [0.15, 0.2) is 0 Å². The molecule has 4 nitrogen and oxygen atoms in total. The molecule has 3 rings (SSSR count). The van der Waals surface area contributed by atoms with Gasteiger partial charge in [0.1, 0.15) is 0 Å². The molecule has 5 heteroatoms. The molecule has 0 saturated carbocycles. The van der Waals surface area contributed by atoms with Crippen LogP contribution in [0.1, 0.15) is 112 Å². The summed E-state index contributed by atoms with van der Waals surface area (Å²) in [6.07, 6.45) is 13.6. The van der Waals surface area contributed by atoms with Crippen LogP contribution in [0.25, 0.3) is 10.8 Å².